The fourth-order valence-corrected chi connectivity index (χ4v) is 17.0. The van der Waals surface area contributed by atoms with Crippen molar-refractivity contribution < 1.29 is 0 Å². The van der Waals surface area contributed by atoms with E-state index in [2.05, 4.69) is 350 Å². The van der Waals surface area contributed by atoms with Crippen LogP contribution >= 0.6 is 0 Å². The number of rotatable bonds is 6. The van der Waals surface area contributed by atoms with Crippen LogP contribution in [-0.2, 0) is 10.8 Å². The van der Waals surface area contributed by atoms with Crippen molar-refractivity contribution >= 4 is 55.7 Å². The Kier molecular flexibility index (Phi) is 10.9. The van der Waals surface area contributed by atoms with E-state index in [1.54, 1.807) is 0 Å². The summed E-state index contributed by atoms with van der Waals surface area (Å²) in [6.07, 6.45) is 0. The van der Waals surface area contributed by atoms with Crippen molar-refractivity contribution in [3.8, 4) is 66.8 Å². The first-order chi connectivity index (χ1) is 44.7. The van der Waals surface area contributed by atoms with Crippen LogP contribution < -0.4 is 9.80 Å². The van der Waals surface area contributed by atoms with Crippen molar-refractivity contribution in [2.75, 3.05) is 9.80 Å². The maximum atomic E-state index is 2.56. The third-order valence-electron chi connectivity index (χ3n) is 20.3. The summed E-state index contributed by atoms with van der Waals surface area (Å²) in [6, 6.07) is 128. The number of fused-ring (bicyclic) bond motifs is 20. The Morgan fingerprint density at radius 1 is 0.178 bits per heavy atom. The minimum absolute atomic E-state index is 0.606. The molecule has 0 amide bonds. The van der Waals surface area contributed by atoms with Crippen LogP contribution in [0.2, 0.25) is 0 Å². The molecule has 2 aliphatic heterocycles. The van der Waals surface area contributed by atoms with E-state index >= 15 is 0 Å². The fraction of sp³-hybridized carbons (Fsp3) is 0.0227. The van der Waals surface area contributed by atoms with Gasteiger partial charge in [-0.3, -0.25) is 0 Å². The highest BCUT2D eigenvalue weighted by atomic mass is 15.2. The molecule has 2 spiro atoms. The zero-order chi connectivity index (χ0) is 59.1. The number of hydrogen-bond acceptors (Lipinski definition) is 2. The molecular weight excluding hydrogens is 1080 g/mol. The normalized spacial score (nSPS) is 13.9. The van der Waals surface area contributed by atoms with Crippen molar-refractivity contribution in [2.24, 2.45) is 0 Å². The monoisotopic (exact) mass is 1140 g/mol. The zero-order valence-corrected chi connectivity index (χ0v) is 49.2. The van der Waals surface area contributed by atoms with Gasteiger partial charge in [-0.05, 0) is 187 Å². The van der Waals surface area contributed by atoms with E-state index in [4.69, 9.17) is 0 Å². The summed E-state index contributed by atoms with van der Waals surface area (Å²) in [6.45, 7) is 0. The summed E-state index contributed by atoms with van der Waals surface area (Å²) in [7, 11) is 0. The first kappa shape index (κ1) is 50.6. The average Bonchev–Trinajstić information content (AvgIpc) is 1.42. The van der Waals surface area contributed by atoms with Gasteiger partial charge in [-0.25, -0.2) is 0 Å². The van der Waals surface area contributed by atoms with E-state index in [0.717, 1.165) is 11.4 Å². The molecule has 0 bridgehead atoms. The van der Waals surface area contributed by atoms with Crippen molar-refractivity contribution in [3.05, 3.63) is 384 Å². The molecule has 4 aliphatic rings. The quantitative estimate of drug-likeness (QED) is 0.153. The Morgan fingerprint density at radius 2 is 0.478 bits per heavy atom. The third kappa shape index (κ3) is 6.77. The molecule has 0 saturated heterocycles. The number of hydrogen-bond donors (Lipinski definition) is 0. The molecule has 0 saturated carbocycles. The molecule has 2 aliphatic carbocycles. The predicted octanol–water partition coefficient (Wildman–Crippen LogP) is 23.0. The molecule has 0 N–H and O–H groups in total. The molecular formula is C88H56N2. The van der Waals surface area contributed by atoms with E-state index in [9.17, 15) is 0 Å². The van der Waals surface area contributed by atoms with Crippen LogP contribution in [0.4, 0.5) is 34.1 Å². The second kappa shape index (κ2) is 19.5. The highest BCUT2D eigenvalue weighted by Crippen LogP contribution is 2.67. The SMILES string of the molecule is c1ccc(-c2ccccc2-c2c3cccc(-c4cccc5c4-c4ccccc4C54c5ccccc5N(c5ccccc5)c5ccccc54)c3cc3c(-c4cccc5c4-c4ccccc4C54c5ccccc5N(c5ccccc5)c5ccccc54)cccc23)cc1. The standard InChI is InChI=1S/C88H56N2/c1-4-28-57(29-5-1)60-34-10-11-35-63(60)84-66-40-24-38-61(64-42-26-50-78-85(64)68-36-12-14-44-72(68)87(78)74-46-16-20-52-80(74)89(58-30-6-2-7-31-58)81-53-21-17-47-75(81)87)70(66)56-71-62(39-25-41-67(71)84)65-43-27-51-79-86(65)69-37-13-15-45-73(69)88(79)76-48-18-22-54-82(76)90(59-32-8-3-9-33-59)83-55-23-19-49-77(83)88/h1-56H. The number of benzene rings is 15. The lowest BCUT2D eigenvalue weighted by atomic mass is 9.64. The van der Waals surface area contributed by atoms with E-state index in [0.29, 0.717) is 0 Å². The van der Waals surface area contributed by atoms with Gasteiger partial charge < -0.3 is 9.80 Å². The lowest BCUT2D eigenvalue weighted by Crippen LogP contribution is -2.36. The Balaban J connectivity index is 0.897. The lowest BCUT2D eigenvalue weighted by molar-refractivity contribution is 0.753. The minimum atomic E-state index is -0.606. The van der Waals surface area contributed by atoms with Gasteiger partial charge in [0.2, 0.25) is 0 Å². The Hall–Kier alpha value is -11.6. The predicted molar refractivity (Wildman–Crippen MR) is 374 cm³/mol. The largest absolute Gasteiger partial charge is 0.310 e. The number of para-hydroxylation sites is 6. The van der Waals surface area contributed by atoms with Gasteiger partial charge in [-0.1, -0.05) is 285 Å². The summed E-state index contributed by atoms with van der Waals surface area (Å²) in [5.74, 6) is 0. The van der Waals surface area contributed by atoms with Gasteiger partial charge in [0.1, 0.15) is 0 Å². The molecule has 0 atom stereocenters. The van der Waals surface area contributed by atoms with E-state index < -0.39 is 10.8 Å². The first-order valence-electron chi connectivity index (χ1n) is 31.4. The van der Waals surface area contributed by atoms with Gasteiger partial charge in [0.05, 0.1) is 33.6 Å². The molecule has 90 heavy (non-hydrogen) atoms. The Labute approximate surface area is 524 Å². The smallest absolute Gasteiger partial charge is 0.0754 e. The Bertz CT molecular complexity index is 5060. The summed E-state index contributed by atoms with van der Waals surface area (Å²) >= 11 is 0. The first-order valence-corrected chi connectivity index (χ1v) is 31.4. The van der Waals surface area contributed by atoms with Crippen LogP contribution in [0.5, 0.6) is 0 Å². The van der Waals surface area contributed by atoms with Gasteiger partial charge in [0, 0.05) is 11.4 Å². The second-order valence-electron chi connectivity index (χ2n) is 24.4. The van der Waals surface area contributed by atoms with Crippen molar-refractivity contribution in [1.82, 2.24) is 0 Å². The number of anilines is 6. The fourth-order valence-electron chi connectivity index (χ4n) is 17.0. The summed E-state index contributed by atoms with van der Waals surface area (Å²) in [5, 5.41) is 4.85. The molecule has 15 aromatic carbocycles. The lowest BCUT2D eigenvalue weighted by Gasteiger charge is -2.45. The highest BCUT2D eigenvalue weighted by molar-refractivity contribution is 6.22. The maximum absolute atomic E-state index is 2.56. The van der Waals surface area contributed by atoms with Crippen LogP contribution in [-0.4, -0.2) is 0 Å². The molecule has 19 rings (SSSR count). The number of nitrogens with zero attached hydrogens (tertiary/aromatic N) is 2. The Morgan fingerprint density at radius 3 is 0.900 bits per heavy atom. The molecule has 2 heteroatoms. The summed E-state index contributed by atoms with van der Waals surface area (Å²) in [5.41, 5.74) is 30.9. The molecule has 15 aromatic rings. The van der Waals surface area contributed by atoms with Crippen LogP contribution in [0.25, 0.3) is 88.3 Å². The zero-order valence-electron chi connectivity index (χ0n) is 49.2. The van der Waals surface area contributed by atoms with Crippen LogP contribution in [0.15, 0.2) is 340 Å². The van der Waals surface area contributed by atoms with Crippen LogP contribution in [0.3, 0.4) is 0 Å². The van der Waals surface area contributed by atoms with Crippen LogP contribution in [0.1, 0.15) is 44.5 Å². The molecule has 2 heterocycles. The second-order valence-corrected chi connectivity index (χ2v) is 24.4. The van der Waals surface area contributed by atoms with E-state index in [-0.39, 0.29) is 0 Å². The molecule has 0 aromatic heterocycles. The molecule has 0 radical (unpaired) electrons. The summed E-state index contributed by atoms with van der Waals surface area (Å²) in [4.78, 5) is 4.94. The van der Waals surface area contributed by atoms with Gasteiger partial charge in [0.25, 0.3) is 0 Å². The average molecular weight is 1140 g/mol. The van der Waals surface area contributed by atoms with Crippen molar-refractivity contribution in [3.63, 3.8) is 0 Å². The van der Waals surface area contributed by atoms with Gasteiger partial charge >= 0.3 is 0 Å². The highest BCUT2D eigenvalue weighted by Gasteiger charge is 2.54. The van der Waals surface area contributed by atoms with E-state index in [1.807, 2.05) is 0 Å². The summed E-state index contributed by atoms with van der Waals surface area (Å²) < 4.78 is 0. The van der Waals surface area contributed by atoms with E-state index in [1.165, 1.54) is 156 Å². The maximum Gasteiger partial charge on any atom is 0.0754 e. The molecule has 0 fully saturated rings. The molecule has 2 nitrogen and oxygen atoms in total. The van der Waals surface area contributed by atoms with Gasteiger partial charge in [-0.2, -0.15) is 0 Å². The van der Waals surface area contributed by atoms with Crippen LogP contribution in [0, 0.1) is 0 Å². The third-order valence-corrected chi connectivity index (χ3v) is 20.3. The molecule has 0 unspecified atom stereocenters. The van der Waals surface area contributed by atoms with Gasteiger partial charge in [0.15, 0.2) is 0 Å². The topological polar surface area (TPSA) is 6.48 Å². The van der Waals surface area contributed by atoms with Gasteiger partial charge in [-0.15, -0.1) is 0 Å². The van der Waals surface area contributed by atoms with Crippen molar-refractivity contribution in [2.45, 2.75) is 10.8 Å². The van der Waals surface area contributed by atoms with Crippen molar-refractivity contribution in [1.29, 1.82) is 0 Å². The minimum Gasteiger partial charge on any atom is -0.310 e. The molecule has 418 valence electrons.